The molecule has 0 atom stereocenters. The van der Waals surface area contributed by atoms with Crippen molar-refractivity contribution in [2.75, 3.05) is 11.9 Å². The first-order valence-electron chi connectivity index (χ1n) is 10.6. The standard InChI is InChI=1S/C25H29ClN4O2/c1-19(2)30(25(32)27-22-13-11-21(26)12-14-22)18-24(31)29(16-20-8-5-4-6-9-20)17-23-10-7-15-28(23)3/h4-15,19H,16-18H2,1-3H3,(H,27,32). The van der Waals surface area contributed by atoms with E-state index in [0.717, 1.165) is 11.3 Å². The number of aryl methyl sites for hydroxylation is 1. The Morgan fingerprint density at radius 1 is 0.969 bits per heavy atom. The van der Waals surface area contributed by atoms with E-state index in [1.54, 1.807) is 34.1 Å². The molecule has 0 saturated carbocycles. The summed E-state index contributed by atoms with van der Waals surface area (Å²) in [5, 5.41) is 3.45. The van der Waals surface area contributed by atoms with Crippen LogP contribution in [0.3, 0.4) is 0 Å². The average molecular weight is 453 g/mol. The second-order valence-corrected chi connectivity index (χ2v) is 8.44. The minimum Gasteiger partial charge on any atom is -0.353 e. The van der Waals surface area contributed by atoms with Crippen LogP contribution >= 0.6 is 11.6 Å². The number of anilines is 1. The number of carbonyl (C=O) groups is 2. The molecule has 0 fully saturated rings. The molecule has 168 valence electrons. The van der Waals surface area contributed by atoms with E-state index in [9.17, 15) is 9.59 Å². The van der Waals surface area contributed by atoms with Crippen molar-refractivity contribution < 1.29 is 9.59 Å². The van der Waals surface area contributed by atoms with Gasteiger partial charge >= 0.3 is 6.03 Å². The molecule has 3 rings (SSSR count). The molecule has 1 heterocycles. The largest absolute Gasteiger partial charge is 0.353 e. The third-order valence-electron chi connectivity index (χ3n) is 5.26. The number of aromatic nitrogens is 1. The van der Waals surface area contributed by atoms with E-state index in [-0.39, 0.29) is 24.5 Å². The van der Waals surface area contributed by atoms with Crippen LogP contribution in [-0.2, 0) is 24.9 Å². The molecule has 0 saturated heterocycles. The minimum absolute atomic E-state index is 0.0195. The lowest BCUT2D eigenvalue weighted by Crippen LogP contribution is -2.47. The molecule has 0 aliphatic carbocycles. The van der Waals surface area contributed by atoms with Gasteiger partial charge in [0.15, 0.2) is 0 Å². The van der Waals surface area contributed by atoms with E-state index in [1.807, 2.05) is 74.1 Å². The van der Waals surface area contributed by atoms with Crippen molar-refractivity contribution in [1.29, 1.82) is 0 Å². The number of nitrogens with zero attached hydrogens (tertiary/aromatic N) is 3. The maximum atomic E-state index is 13.4. The highest BCUT2D eigenvalue weighted by atomic mass is 35.5. The van der Waals surface area contributed by atoms with Gasteiger partial charge in [0.2, 0.25) is 5.91 Å². The second-order valence-electron chi connectivity index (χ2n) is 8.00. The molecule has 0 bridgehead atoms. The number of nitrogens with one attached hydrogen (secondary N) is 1. The first-order valence-corrected chi connectivity index (χ1v) is 11.0. The molecule has 32 heavy (non-hydrogen) atoms. The lowest BCUT2D eigenvalue weighted by molar-refractivity contribution is -0.133. The van der Waals surface area contributed by atoms with Gasteiger partial charge in [-0.05, 0) is 55.8 Å². The Hall–Kier alpha value is -3.25. The fraction of sp³-hybridized carbons (Fsp3) is 0.280. The van der Waals surface area contributed by atoms with Crippen molar-refractivity contribution in [2.24, 2.45) is 7.05 Å². The van der Waals surface area contributed by atoms with Crippen LogP contribution in [0.2, 0.25) is 5.02 Å². The van der Waals surface area contributed by atoms with Crippen LogP contribution in [0.5, 0.6) is 0 Å². The van der Waals surface area contributed by atoms with Crippen molar-refractivity contribution in [3.63, 3.8) is 0 Å². The van der Waals surface area contributed by atoms with Crippen LogP contribution in [0.1, 0.15) is 25.1 Å². The fourth-order valence-electron chi connectivity index (χ4n) is 3.36. The number of amides is 3. The lowest BCUT2D eigenvalue weighted by Gasteiger charge is -2.30. The number of hydrogen-bond donors (Lipinski definition) is 1. The summed E-state index contributed by atoms with van der Waals surface area (Å²) in [6.07, 6.45) is 1.96. The zero-order chi connectivity index (χ0) is 23.1. The summed E-state index contributed by atoms with van der Waals surface area (Å²) in [5.41, 5.74) is 2.69. The molecule has 0 aliphatic heterocycles. The fourth-order valence-corrected chi connectivity index (χ4v) is 3.48. The van der Waals surface area contributed by atoms with Crippen molar-refractivity contribution in [2.45, 2.75) is 33.0 Å². The molecule has 0 radical (unpaired) electrons. The Balaban J connectivity index is 1.75. The Kier molecular flexibility index (Phi) is 7.95. The van der Waals surface area contributed by atoms with Gasteiger partial charge in [0.1, 0.15) is 6.54 Å². The molecule has 7 heteroatoms. The maximum Gasteiger partial charge on any atom is 0.322 e. The van der Waals surface area contributed by atoms with Crippen LogP contribution in [0, 0.1) is 0 Å². The van der Waals surface area contributed by atoms with Gasteiger partial charge in [0, 0.05) is 42.2 Å². The normalized spacial score (nSPS) is 10.8. The van der Waals surface area contributed by atoms with E-state index in [1.165, 1.54) is 0 Å². The highest BCUT2D eigenvalue weighted by Gasteiger charge is 2.24. The predicted molar refractivity (Wildman–Crippen MR) is 128 cm³/mol. The lowest BCUT2D eigenvalue weighted by atomic mass is 10.2. The summed E-state index contributed by atoms with van der Waals surface area (Å²) in [5.74, 6) is -0.116. The zero-order valence-corrected chi connectivity index (χ0v) is 19.4. The number of rotatable bonds is 8. The van der Waals surface area contributed by atoms with Gasteiger partial charge in [-0.3, -0.25) is 4.79 Å². The first kappa shape index (κ1) is 23.4. The van der Waals surface area contributed by atoms with E-state index in [2.05, 4.69) is 5.32 Å². The quantitative estimate of drug-likeness (QED) is 0.513. The van der Waals surface area contributed by atoms with Gasteiger partial charge < -0.3 is 19.7 Å². The van der Waals surface area contributed by atoms with Gasteiger partial charge in [0.05, 0.1) is 6.54 Å². The van der Waals surface area contributed by atoms with Crippen LogP contribution in [0.25, 0.3) is 0 Å². The Labute approximate surface area is 194 Å². The predicted octanol–water partition coefficient (Wildman–Crippen LogP) is 5.15. The molecule has 1 aromatic heterocycles. The van der Waals surface area contributed by atoms with Gasteiger partial charge in [-0.25, -0.2) is 4.79 Å². The van der Waals surface area contributed by atoms with Crippen molar-refractivity contribution in [1.82, 2.24) is 14.4 Å². The van der Waals surface area contributed by atoms with E-state index in [4.69, 9.17) is 11.6 Å². The Morgan fingerprint density at radius 2 is 1.66 bits per heavy atom. The summed E-state index contributed by atoms with van der Waals surface area (Å²) in [6.45, 7) is 4.70. The second kappa shape index (κ2) is 10.9. The number of carbonyl (C=O) groups excluding carboxylic acids is 2. The summed E-state index contributed by atoms with van der Waals surface area (Å²) >= 11 is 5.93. The zero-order valence-electron chi connectivity index (χ0n) is 18.7. The highest BCUT2D eigenvalue weighted by molar-refractivity contribution is 6.30. The molecule has 2 aromatic carbocycles. The number of urea groups is 1. The summed E-state index contributed by atoms with van der Waals surface area (Å²) in [4.78, 5) is 29.6. The molecular weight excluding hydrogens is 424 g/mol. The summed E-state index contributed by atoms with van der Waals surface area (Å²) < 4.78 is 2.00. The van der Waals surface area contributed by atoms with Gasteiger partial charge in [-0.15, -0.1) is 0 Å². The maximum absolute atomic E-state index is 13.4. The van der Waals surface area contributed by atoms with Crippen molar-refractivity contribution in [3.8, 4) is 0 Å². The SMILES string of the molecule is CC(C)N(CC(=O)N(Cc1ccccc1)Cc1cccn1C)C(=O)Nc1ccc(Cl)cc1. The van der Waals surface area contributed by atoms with Crippen LogP contribution < -0.4 is 5.32 Å². The van der Waals surface area contributed by atoms with Gasteiger partial charge in [-0.2, -0.15) is 0 Å². The van der Waals surface area contributed by atoms with E-state index >= 15 is 0 Å². The highest BCUT2D eigenvalue weighted by Crippen LogP contribution is 2.16. The third kappa shape index (κ3) is 6.37. The molecular formula is C25H29ClN4O2. The first-order chi connectivity index (χ1) is 15.3. The molecule has 3 amide bonds. The number of benzene rings is 2. The van der Waals surface area contributed by atoms with E-state index < -0.39 is 0 Å². The van der Waals surface area contributed by atoms with Gasteiger partial charge in [0.25, 0.3) is 0 Å². The molecule has 0 aliphatic rings. The molecule has 1 N–H and O–H groups in total. The smallest absolute Gasteiger partial charge is 0.322 e. The molecule has 0 unspecified atom stereocenters. The summed E-state index contributed by atoms with van der Waals surface area (Å²) in [7, 11) is 1.96. The monoisotopic (exact) mass is 452 g/mol. The Bertz CT molecular complexity index is 1030. The Morgan fingerprint density at radius 3 is 2.25 bits per heavy atom. The minimum atomic E-state index is -0.325. The number of halogens is 1. The van der Waals surface area contributed by atoms with Gasteiger partial charge in [-0.1, -0.05) is 41.9 Å². The van der Waals surface area contributed by atoms with Crippen molar-refractivity contribution >= 4 is 29.2 Å². The molecule has 0 spiro atoms. The number of hydrogen-bond acceptors (Lipinski definition) is 2. The van der Waals surface area contributed by atoms with Crippen LogP contribution in [0.4, 0.5) is 10.5 Å². The topological polar surface area (TPSA) is 57.6 Å². The molecule has 3 aromatic rings. The van der Waals surface area contributed by atoms with Crippen LogP contribution in [0.15, 0.2) is 72.9 Å². The summed E-state index contributed by atoms with van der Waals surface area (Å²) in [6, 6.07) is 20.2. The average Bonchev–Trinajstić information content (AvgIpc) is 3.17. The van der Waals surface area contributed by atoms with Crippen molar-refractivity contribution in [3.05, 3.63) is 89.2 Å². The van der Waals surface area contributed by atoms with Crippen LogP contribution in [-0.4, -0.2) is 38.9 Å². The molecule has 6 nitrogen and oxygen atoms in total. The van der Waals surface area contributed by atoms with E-state index in [0.29, 0.717) is 23.8 Å². The third-order valence-corrected chi connectivity index (χ3v) is 5.51.